The second kappa shape index (κ2) is 8.94. The molecule has 7 nitrogen and oxygen atoms in total. The molecule has 0 aliphatic rings. The Morgan fingerprint density at radius 3 is 2.50 bits per heavy atom. The molecule has 28 heavy (non-hydrogen) atoms. The van der Waals surface area contributed by atoms with Crippen LogP contribution in [0.2, 0.25) is 0 Å². The maximum Gasteiger partial charge on any atom is 0.310 e. The number of carbonyl (C=O) groups excluding carboxylic acids is 1. The molecule has 0 spiro atoms. The standard InChI is InChI=1S/C21H21NO6/c1-24-15-9-8-14(20(12-15)26-3)10-21(23)27-13-16-11-18(22-28-16)17-6-4-5-7-19(17)25-2/h4-9,11-12H,10,13H2,1-3H3. The van der Waals surface area contributed by atoms with Crippen molar-refractivity contribution < 1.29 is 28.3 Å². The predicted octanol–water partition coefficient (Wildman–Crippen LogP) is 3.65. The van der Waals surface area contributed by atoms with E-state index >= 15 is 0 Å². The molecule has 0 unspecified atom stereocenters. The molecule has 0 saturated carbocycles. The molecule has 0 radical (unpaired) electrons. The third-order valence-electron chi connectivity index (χ3n) is 4.15. The van der Waals surface area contributed by atoms with E-state index in [1.807, 2.05) is 24.3 Å². The Hall–Kier alpha value is -3.48. The summed E-state index contributed by atoms with van der Waals surface area (Å²) >= 11 is 0. The molecule has 7 heteroatoms. The number of methoxy groups -OCH3 is 3. The maximum atomic E-state index is 12.2. The minimum atomic E-state index is -0.404. The molecule has 2 aromatic carbocycles. The van der Waals surface area contributed by atoms with Gasteiger partial charge in [0.05, 0.1) is 27.8 Å². The first-order chi connectivity index (χ1) is 13.6. The lowest BCUT2D eigenvalue weighted by Gasteiger charge is -2.10. The molecule has 0 amide bonds. The minimum absolute atomic E-state index is 0.0144. The first kappa shape index (κ1) is 19.3. The van der Waals surface area contributed by atoms with Crippen LogP contribution in [0, 0.1) is 0 Å². The van der Waals surface area contributed by atoms with E-state index in [0.29, 0.717) is 34.3 Å². The molecule has 3 aromatic rings. The van der Waals surface area contributed by atoms with Crippen molar-refractivity contribution in [3.8, 4) is 28.5 Å². The summed E-state index contributed by atoms with van der Waals surface area (Å²) in [6.07, 6.45) is 0.0701. The molecule has 1 heterocycles. The Morgan fingerprint density at radius 2 is 1.75 bits per heavy atom. The lowest BCUT2D eigenvalue weighted by atomic mass is 10.1. The van der Waals surface area contributed by atoms with E-state index in [0.717, 1.165) is 5.56 Å². The third kappa shape index (κ3) is 4.43. The van der Waals surface area contributed by atoms with Crippen LogP contribution in [0.15, 0.2) is 53.1 Å². The Kier molecular flexibility index (Phi) is 6.16. The number of para-hydroxylation sites is 1. The molecule has 146 valence electrons. The molecule has 0 fully saturated rings. The van der Waals surface area contributed by atoms with Crippen LogP contribution < -0.4 is 14.2 Å². The van der Waals surface area contributed by atoms with E-state index in [2.05, 4.69) is 5.16 Å². The molecular weight excluding hydrogens is 362 g/mol. The molecule has 1 aromatic heterocycles. The largest absolute Gasteiger partial charge is 0.497 e. The number of carbonyl (C=O) groups is 1. The topological polar surface area (TPSA) is 80.0 Å². The van der Waals surface area contributed by atoms with Crippen LogP contribution in [-0.2, 0) is 22.6 Å². The Labute approximate surface area is 162 Å². The fraction of sp³-hybridized carbons (Fsp3) is 0.238. The van der Waals surface area contributed by atoms with Crippen molar-refractivity contribution in [1.29, 1.82) is 0 Å². The molecule has 0 aliphatic heterocycles. The molecule has 0 aliphatic carbocycles. The predicted molar refractivity (Wildman–Crippen MR) is 102 cm³/mol. The van der Waals surface area contributed by atoms with Gasteiger partial charge in [0.1, 0.15) is 22.9 Å². The lowest BCUT2D eigenvalue weighted by Crippen LogP contribution is -2.08. The van der Waals surface area contributed by atoms with Gasteiger partial charge in [-0.1, -0.05) is 23.4 Å². The van der Waals surface area contributed by atoms with Crippen molar-refractivity contribution in [1.82, 2.24) is 5.16 Å². The van der Waals surface area contributed by atoms with Gasteiger partial charge in [0.25, 0.3) is 0 Å². The number of benzene rings is 2. The van der Waals surface area contributed by atoms with Gasteiger partial charge in [-0.05, 0) is 18.2 Å². The van der Waals surface area contributed by atoms with E-state index in [1.54, 1.807) is 38.5 Å². The van der Waals surface area contributed by atoms with Crippen LogP contribution >= 0.6 is 0 Å². The Morgan fingerprint density at radius 1 is 0.964 bits per heavy atom. The summed E-state index contributed by atoms with van der Waals surface area (Å²) < 4.78 is 26.3. The van der Waals surface area contributed by atoms with E-state index in [9.17, 15) is 4.79 Å². The zero-order valence-corrected chi connectivity index (χ0v) is 15.9. The summed E-state index contributed by atoms with van der Waals surface area (Å²) in [6.45, 7) is -0.0144. The number of ether oxygens (including phenoxy) is 4. The lowest BCUT2D eigenvalue weighted by molar-refractivity contribution is -0.144. The smallest absolute Gasteiger partial charge is 0.310 e. The van der Waals surface area contributed by atoms with Gasteiger partial charge in [0.2, 0.25) is 0 Å². The van der Waals surface area contributed by atoms with Crippen LogP contribution in [-0.4, -0.2) is 32.5 Å². The van der Waals surface area contributed by atoms with Crippen LogP contribution in [0.5, 0.6) is 17.2 Å². The van der Waals surface area contributed by atoms with Crippen LogP contribution in [0.1, 0.15) is 11.3 Å². The molecular formula is C21H21NO6. The summed E-state index contributed by atoms with van der Waals surface area (Å²) in [7, 11) is 4.70. The number of aromatic nitrogens is 1. The summed E-state index contributed by atoms with van der Waals surface area (Å²) in [5.74, 6) is 1.94. The molecule has 0 saturated heterocycles. The highest BCUT2D eigenvalue weighted by atomic mass is 16.5. The highest BCUT2D eigenvalue weighted by Crippen LogP contribution is 2.29. The van der Waals surface area contributed by atoms with Crippen molar-refractivity contribution >= 4 is 5.97 Å². The van der Waals surface area contributed by atoms with E-state index in [1.165, 1.54) is 7.11 Å². The summed E-state index contributed by atoms with van der Waals surface area (Å²) in [6, 6.07) is 14.5. The number of hydrogen-bond acceptors (Lipinski definition) is 7. The van der Waals surface area contributed by atoms with Crippen LogP contribution in [0.4, 0.5) is 0 Å². The van der Waals surface area contributed by atoms with Gasteiger partial charge < -0.3 is 23.5 Å². The monoisotopic (exact) mass is 383 g/mol. The maximum absolute atomic E-state index is 12.2. The number of esters is 1. The van der Waals surface area contributed by atoms with Crippen molar-refractivity contribution in [2.45, 2.75) is 13.0 Å². The Balaban J connectivity index is 1.62. The summed E-state index contributed by atoms with van der Waals surface area (Å²) in [4.78, 5) is 12.2. The van der Waals surface area contributed by atoms with Gasteiger partial charge in [-0.2, -0.15) is 0 Å². The zero-order valence-electron chi connectivity index (χ0n) is 15.9. The normalized spacial score (nSPS) is 10.4. The molecule has 0 atom stereocenters. The van der Waals surface area contributed by atoms with Crippen LogP contribution in [0.3, 0.4) is 0 Å². The second-order valence-corrected chi connectivity index (χ2v) is 5.89. The van der Waals surface area contributed by atoms with Crippen molar-refractivity contribution in [3.05, 3.63) is 59.9 Å². The van der Waals surface area contributed by atoms with Crippen molar-refractivity contribution in [3.63, 3.8) is 0 Å². The highest BCUT2D eigenvalue weighted by Gasteiger charge is 2.14. The van der Waals surface area contributed by atoms with Crippen molar-refractivity contribution in [2.75, 3.05) is 21.3 Å². The number of rotatable bonds is 8. The fourth-order valence-electron chi connectivity index (χ4n) is 2.72. The second-order valence-electron chi connectivity index (χ2n) is 5.89. The van der Waals surface area contributed by atoms with E-state index < -0.39 is 5.97 Å². The van der Waals surface area contributed by atoms with Gasteiger partial charge >= 0.3 is 5.97 Å². The fourth-order valence-corrected chi connectivity index (χ4v) is 2.72. The van der Waals surface area contributed by atoms with E-state index in [-0.39, 0.29) is 13.0 Å². The SMILES string of the molecule is COc1ccc(CC(=O)OCc2cc(-c3ccccc3OC)no2)c(OC)c1. The third-order valence-corrected chi connectivity index (χ3v) is 4.15. The molecule has 0 bridgehead atoms. The van der Waals surface area contributed by atoms with Gasteiger partial charge in [0.15, 0.2) is 12.4 Å². The van der Waals surface area contributed by atoms with Crippen molar-refractivity contribution in [2.24, 2.45) is 0 Å². The summed E-state index contributed by atoms with van der Waals surface area (Å²) in [5, 5.41) is 4.02. The number of nitrogens with zero attached hydrogens (tertiary/aromatic N) is 1. The summed E-state index contributed by atoms with van der Waals surface area (Å²) in [5.41, 5.74) is 2.12. The average Bonchev–Trinajstić information content (AvgIpc) is 3.21. The molecule has 3 rings (SSSR count). The Bertz CT molecular complexity index is 950. The molecule has 0 N–H and O–H groups in total. The number of hydrogen-bond donors (Lipinski definition) is 0. The first-order valence-electron chi connectivity index (χ1n) is 8.60. The average molecular weight is 383 g/mol. The van der Waals surface area contributed by atoms with Gasteiger partial charge in [0, 0.05) is 23.3 Å². The highest BCUT2D eigenvalue weighted by molar-refractivity contribution is 5.74. The van der Waals surface area contributed by atoms with Crippen LogP contribution in [0.25, 0.3) is 11.3 Å². The first-order valence-corrected chi connectivity index (χ1v) is 8.60. The van der Waals surface area contributed by atoms with E-state index in [4.69, 9.17) is 23.5 Å². The van der Waals surface area contributed by atoms with Gasteiger partial charge in [-0.25, -0.2) is 0 Å². The zero-order chi connectivity index (χ0) is 19.9. The quantitative estimate of drug-likeness (QED) is 0.549. The van der Waals surface area contributed by atoms with Gasteiger partial charge in [-0.3, -0.25) is 4.79 Å². The van der Waals surface area contributed by atoms with Gasteiger partial charge in [-0.15, -0.1) is 0 Å². The minimum Gasteiger partial charge on any atom is -0.497 e.